The summed E-state index contributed by atoms with van der Waals surface area (Å²) in [6.45, 7) is 6.86. The third kappa shape index (κ3) is 13.7. The second kappa shape index (κ2) is 15.2. The van der Waals surface area contributed by atoms with Crippen molar-refractivity contribution in [3.05, 3.63) is 46.0 Å². The highest BCUT2D eigenvalue weighted by molar-refractivity contribution is 5.87. The number of ether oxygens (including phenoxy) is 1. The number of guanidine groups is 1. The molecule has 1 unspecified atom stereocenters. The summed E-state index contributed by atoms with van der Waals surface area (Å²) in [5.41, 5.74) is 5.62. The summed E-state index contributed by atoms with van der Waals surface area (Å²) in [7, 11) is 0. The molecule has 0 heterocycles. The Balaban J connectivity index is 2.75. The zero-order valence-corrected chi connectivity index (χ0v) is 21.5. The molecule has 1 aromatic carbocycles. The van der Waals surface area contributed by atoms with Crippen LogP contribution >= 0.6 is 0 Å². The molecule has 0 aliphatic heterocycles. The number of rotatable bonds is 13. The zero-order chi connectivity index (χ0) is 28.0. The van der Waals surface area contributed by atoms with Gasteiger partial charge in [-0.15, -0.1) is 0 Å². The van der Waals surface area contributed by atoms with E-state index in [1.165, 1.54) is 6.92 Å². The predicted octanol–water partition coefficient (Wildman–Crippen LogP) is -0.0196. The molecule has 0 aliphatic rings. The fraction of sp³-hybridized carbons (Fsp3) is 0.565. The monoisotopic (exact) mass is 523 g/mol. The molecule has 206 valence electrons. The van der Waals surface area contributed by atoms with Crippen molar-refractivity contribution in [2.75, 3.05) is 13.1 Å². The van der Waals surface area contributed by atoms with E-state index in [1.54, 1.807) is 20.8 Å². The Labute approximate surface area is 215 Å². The molecule has 14 nitrogen and oxygen atoms in total. The Kier molecular flexibility index (Phi) is 12.8. The summed E-state index contributed by atoms with van der Waals surface area (Å²) in [4.78, 5) is 47.6. The molecular weight excluding hydrogens is 486 g/mol. The normalized spacial score (nSPS) is 14.0. The summed E-state index contributed by atoms with van der Waals surface area (Å²) < 4.78 is 5.14. The number of benzene rings is 1. The number of carbonyl (C=O) groups is 3. The van der Waals surface area contributed by atoms with Gasteiger partial charge in [0.05, 0.1) is 6.04 Å². The third-order valence-corrected chi connectivity index (χ3v) is 4.85. The van der Waals surface area contributed by atoms with Crippen molar-refractivity contribution in [3.8, 4) is 0 Å². The fourth-order valence-corrected chi connectivity index (χ4v) is 3.09. The Morgan fingerprint density at radius 2 is 1.76 bits per heavy atom. The lowest BCUT2D eigenvalue weighted by molar-refractivity contribution is -0.485. The van der Waals surface area contributed by atoms with E-state index >= 15 is 0 Å². The van der Waals surface area contributed by atoms with Crippen LogP contribution in [0.25, 0.3) is 0 Å². The van der Waals surface area contributed by atoms with Gasteiger partial charge in [0, 0.05) is 13.1 Å². The molecule has 0 aromatic heterocycles. The van der Waals surface area contributed by atoms with Crippen LogP contribution in [0, 0.1) is 10.1 Å². The first kappa shape index (κ1) is 31.1. The fourth-order valence-electron chi connectivity index (χ4n) is 3.09. The number of hydrogen-bond acceptors (Lipinski definition) is 7. The SMILES string of the molecule is C[C@H](NC(=O)OC(C)(C)C)C(=O)N[C@@H](CCCN/C(N)=N/[N+](=O)[O-])C(O)C(=O)NCCc1ccccc1. The van der Waals surface area contributed by atoms with E-state index in [2.05, 4.69) is 26.4 Å². The van der Waals surface area contributed by atoms with E-state index in [0.29, 0.717) is 6.42 Å². The average Bonchev–Trinajstić information content (AvgIpc) is 2.79. The molecule has 3 atom stereocenters. The molecule has 0 aliphatic carbocycles. The second-order valence-electron chi connectivity index (χ2n) is 9.25. The van der Waals surface area contributed by atoms with Gasteiger partial charge < -0.3 is 36.8 Å². The van der Waals surface area contributed by atoms with Crippen LogP contribution in [0.15, 0.2) is 35.4 Å². The van der Waals surface area contributed by atoms with Gasteiger partial charge >= 0.3 is 6.09 Å². The summed E-state index contributed by atoms with van der Waals surface area (Å²) in [5, 5.41) is 33.1. The molecule has 3 amide bonds. The molecule has 14 heteroatoms. The number of carbonyl (C=O) groups excluding carboxylic acids is 3. The summed E-state index contributed by atoms with van der Waals surface area (Å²) in [6.07, 6.45) is -1.47. The van der Waals surface area contributed by atoms with Crippen molar-refractivity contribution < 1.29 is 29.3 Å². The van der Waals surface area contributed by atoms with Crippen LogP contribution in [0.5, 0.6) is 0 Å². The van der Waals surface area contributed by atoms with Gasteiger partial charge in [-0.3, -0.25) is 9.59 Å². The van der Waals surface area contributed by atoms with Crippen LogP contribution in [-0.4, -0.2) is 70.9 Å². The Bertz CT molecular complexity index is 935. The number of amides is 3. The van der Waals surface area contributed by atoms with Crippen LogP contribution in [0.1, 0.15) is 46.1 Å². The van der Waals surface area contributed by atoms with E-state index in [9.17, 15) is 29.6 Å². The van der Waals surface area contributed by atoms with Gasteiger partial charge in [0.25, 0.3) is 11.9 Å². The lowest BCUT2D eigenvalue weighted by atomic mass is 10.0. The van der Waals surface area contributed by atoms with Crippen molar-refractivity contribution in [2.45, 2.75) is 70.7 Å². The van der Waals surface area contributed by atoms with Crippen molar-refractivity contribution in [2.24, 2.45) is 10.8 Å². The first-order valence-electron chi connectivity index (χ1n) is 11.8. The van der Waals surface area contributed by atoms with Crippen molar-refractivity contribution in [1.82, 2.24) is 21.3 Å². The number of aliphatic hydroxyl groups is 1. The highest BCUT2D eigenvalue weighted by Crippen LogP contribution is 2.08. The second-order valence-corrected chi connectivity index (χ2v) is 9.25. The van der Waals surface area contributed by atoms with E-state index in [0.717, 1.165) is 5.56 Å². The Morgan fingerprint density at radius 3 is 2.35 bits per heavy atom. The molecule has 0 saturated heterocycles. The van der Waals surface area contributed by atoms with E-state index in [-0.39, 0.29) is 25.9 Å². The maximum Gasteiger partial charge on any atom is 0.408 e. The molecule has 0 spiro atoms. The maximum atomic E-state index is 12.7. The molecule has 0 saturated carbocycles. The van der Waals surface area contributed by atoms with Gasteiger partial charge in [0.15, 0.2) is 11.1 Å². The highest BCUT2D eigenvalue weighted by atomic mass is 16.7. The molecular formula is C23H37N7O7. The first-order valence-corrected chi connectivity index (χ1v) is 11.8. The van der Waals surface area contributed by atoms with Crippen LogP contribution in [-0.2, 0) is 20.7 Å². The lowest BCUT2D eigenvalue weighted by Crippen LogP contribution is -2.55. The topological polar surface area (TPSA) is 210 Å². The number of alkyl carbamates (subject to hydrolysis) is 1. The first-order chi connectivity index (χ1) is 17.3. The van der Waals surface area contributed by atoms with Gasteiger partial charge in [-0.25, -0.2) is 14.9 Å². The van der Waals surface area contributed by atoms with Gasteiger partial charge in [-0.1, -0.05) is 30.3 Å². The summed E-state index contributed by atoms with van der Waals surface area (Å²) in [6, 6.07) is 7.40. The van der Waals surface area contributed by atoms with Gasteiger partial charge in [-0.05, 0) is 52.5 Å². The standard InChI is InChI=1S/C23H37N7O7/c1-15(27-22(34)37-23(2,3)4)19(32)28-17(11-8-13-26-21(24)29-30(35)36)18(31)20(33)25-14-12-16-9-6-5-7-10-16/h5-7,9-10,15,17-18,31H,8,11-14H2,1-4H3,(H,25,33)(H,27,34)(H,28,32)(H3,24,26,29)/t15-,17-,18?/m0/s1. The van der Waals surface area contributed by atoms with Crippen LogP contribution < -0.4 is 27.0 Å². The number of nitrogens with two attached hydrogens (primary N) is 1. The number of nitrogens with zero attached hydrogens (tertiary/aromatic N) is 2. The largest absolute Gasteiger partial charge is 0.444 e. The molecule has 7 N–H and O–H groups in total. The number of nitrogens with one attached hydrogen (secondary N) is 4. The zero-order valence-electron chi connectivity index (χ0n) is 21.5. The molecule has 37 heavy (non-hydrogen) atoms. The number of nitro groups is 1. The van der Waals surface area contributed by atoms with E-state index in [4.69, 9.17) is 10.5 Å². The number of hydrazone groups is 1. The van der Waals surface area contributed by atoms with Gasteiger partial charge in [0.2, 0.25) is 5.91 Å². The Morgan fingerprint density at radius 1 is 1.11 bits per heavy atom. The molecule has 0 fully saturated rings. The number of hydrogen-bond donors (Lipinski definition) is 6. The average molecular weight is 524 g/mol. The van der Waals surface area contributed by atoms with Crippen molar-refractivity contribution in [1.29, 1.82) is 0 Å². The third-order valence-electron chi connectivity index (χ3n) is 4.85. The molecule has 0 bridgehead atoms. The Hall–Kier alpha value is -3.94. The van der Waals surface area contributed by atoms with Crippen molar-refractivity contribution in [3.63, 3.8) is 0 Å². The van der Waals surface area contributed by atoms with Gasteiger partial charge in [0.1, 0.15) is 16.7 Å². The molecule has 1 rings (SSSR count). The van der Waals surface area contributed by atoms with E-state index < -0.39 is 52.7 Å². The lowest BCUT2D eigenvalue weighted by Gasteiger charge is -2.26. The molecule has 1 aromatic rings. The maximum absolute atomic E-state index is 12.7. The summed E-state index contributed by atoms with van der Waals surface area (Å²) >= 11 is 0. The predicted molar refractivity (Wildman–Crippen MR) is 136 cm³/mol. The minimum atomic E-state index is -1.60. The quantitative estimate of drug-likeness (QED) is 0.0673. The van der Waals surface area contributed by atoms with Crippen LogP contribution in [0.4, 0.5) is 4.79 Å². The van der Waals surface area contributed by atoms with Crippen LogP contribution in [0.2, 0.25) is 0 Å². The minimum Gasteiger partial charge on any atom is -0.444 e. The summed E-state index contributed by atoms with van der Waals surface area (Å²) in [5.74, 6) is -1.73. The smallest absolute Gasteiger partial charge is 0.408 e. The van der Waals surface area contributed by atoms with E-state index in [1.807, 2.05) is 30.3 Å². The molecule has 0 radical (unpaired) electrons. The van der Waals surface area contributed by atoms with Crippen molar-refractivity contribution >= 4 is 23.9 Å². The minimum absolute atomic E-state index is 0.108. The highest BCUT2D eigenvalue weighted by Gasteiger charge is 2.29. The van der Waals surface area contributed by atoms with Gasteiger partial charge in [-0.2, -0.15) is 0 Å². The number of aliphatic hydroxyl groups excluding tert-OH is 1. The van der Waals surface area contributed by atoms with Crippen LogP contribution in [0.3, 0.4) is 0 Å².